The molecule has 0 aromatic heterocycles. The first-order chi connectivity index (χ1) is 10.7. The van der Waals surface area contributed by atoms with Gasteiger partial charge in [-0.2, -0.15) is 17.2 Å². The lowest BCUT2D eigenvalue weighted by Gasteiger charge is -2.59. The number of alkyl halides is 2. The Morgan fingerprint density at radius 3 is 2.42 bits per heavy atom. The summed E-state index contributed by atoms with van der Waals surface area (Å²) in [5.41, 5.74) is 0.0275. The summed E-state index contributed by atoms with van der Waals surface area (Å²) in [4.78, 5) is 11.5. The molecular weight excluding hydrogens is 342 g/mol. The second-order valence-electron chi connectivity index (χ2n) is 9.00. The molecule has 5 nitrogen and oxygen atoms in total. The molecule has 138 valence electrons. The fraction of sp³-hybridized carbons (Fsp3) is 0.938. The van der Waals surface area contributed by atoms with Crippen molar-refractivity contribution in [3.8, 4) is 0 Å². The van der Waals surface area contributed by atoms with Crippen LogP contribution in [0.4, 0.5) is 8.78 Å². The summed E-state index contributed by atoms with van der Waals surface area (Å²) >= 11 is 0. The summed E-state index contributed by atoms with van der Waals surface area (Å²) in [6.45, 7) is 6.38. The van der Waals surface area contributed by atoms with Crippen LogP contribution in [0.5, 0.6) is 0 Å². The van der Waals surface area contributed by atoms with E-state index in [2.05, 4.69) is 20.8 Å². The Labute approximate surface area is 140 Å². The lowest BCUT2D eigenvalue weighted by molar-refractivity contribution is -0.166. The van der Waals surface area contributed by atoms with E-state index in [1.54, 1.807) is 0 Å². The molecule has 0 amide bonds. The van der Waals surface area contributed by atoms with Crippen molar-refractivity contribution in [1.29, 1.82) is 0 Å². The van der Waals surface area contributed by atoms with Crippen LogP contribution in [-0.2, 0) is 19.6 Å². The van der Waals surface area contributed by atoms with Crippen LogP contribution in [0.25, 0.3) is 0 Å². The van der Waals surface area contributed by atoms with Gasteiger partial charge in [-0.1, -0.05) is 20.8 Å². The van der Waals surface area contributed by atoms with Crippen molar-refractivity contribution in [3.63, 3.8) is 0 Å². The molecule has 24 heavy (non-hydrogen) atoms. The summed E-state index contributed by atoms with van der Waals surface area (Å²) < 4.78 is 61.3. The Bertz CT molecular complexity index is 674. The Kier molecular flexibility index (Phi) is 3.69. The van der Waals surface area contributed by atoms with Crippen LogP contribution in [0.2, 0.25) is 0 Å². The molecule has 1 N–H and O–H groups in total. The normalized spacial score (nSPS) is 44.6. The Balaban J connectivity index is 1.77. The van der Waals surface area contributed by atoms with Gasteiger partial charge in [0.1, 0.15) is 0 Å². The van der Waals surface area contributed by atoms with E-state index in [1.165, 1.54) is 0 Å². The van der Waals surface area contributed by atoms with Crippen molar-refractivity contribution >= 4 is 16.1 Å². The van der Waals surface area contributed by atoms with E-state index in [-0.39, 0.29) is 22.9 Å². The van der Waals surface area contributed by atoms with Crippen LogP contribution in [-0.4, -0.2) is 30.8 Å². The van der Waals surface area contributed by atoms with E-state index in [0.717, 1.165) is 32.1 Å². The first kappa shape index (κ1) is 18.0. The van der Waals surface area contributed by atoms with Crippen molar-refractivity contribution in [3.05, 3.63) is 0 Å². The standard InChI is InChI=1S/C16H24F2O5S/c1-10-4-13(2)7-14(3)8-15(5-10,6-11(13)14)9-23-12(19)16(17,18)24(20,21)22/h10-11H,4-9H2,1-3H3,(H,20,21,22). The number of rotatable bonds is 4. The van der Waals surface area contributed by atoms with Crippen molar-refractivity contribution in [2.45, 2.75) is 58.1 Å². The first-order valence-corrected chi connectivity index (χ1v) is 9.69. The number of fused-ring (bicyclic) bond motifs is 1. The van der Waals surface area contributed by atoms with E-state index >= 15 is 0 Å². The van der Waals surface area contributed by atoms with E-state index in [9.17, 15) is 22.0 Å². The zero-order valence-corrected chi connectivity index (χ0v) is 15.0. The quantitative estimate of drug-likeness (QED) is 0.610. The minimum absolute atomic E-state index is 0.146. The lowest BCUT2D eigenvalue weighted by Crippen LogP contribution is -2.51. The van der Waals surface area contributed by atoms with Gasteiger partial charge in [-0.25, -0.2) is 4.79 Å². The topological polar surface area (TPSA) is 80.7 Å². The fourth-order valence-electron chi connectivity index (χ4n) is 6.47. The number of carbonyl (C=O) groups is 1. The van der Waals surface area contributed by atoms with Gasteiger partial charge in [-0.05, 0) is 54.8 Å². The third kappa shape index (κ3) is 2.48. The third-order valence-corrected chi connectivity index (χ3v) is 7.39. The minimum Gasteiger partial charge on any atom is -0.460 e. The van der Waals surface area contributed by atoms with Crippen molar-refractivity contribution in [2.75, 3.05) is 6.61 Å². The maximum atomic E-state index is 13.4. The number of ether oxygens (including phenoxy) is 1. The Morgan fingerprint density at radius 1 is 1.21 bits per heavy atom. The summed E-state index contributed by atoms with van der Waals surface area (Å²) in [7, 11) is -5.82. The molecular formula is C16H24F2O5S. The van der Waals surface area contributed by atoms with Crippen molar-refractivity contribution in [1.82, 2.24) is 0 Å². The maximum absolute atomic E-state index is 13.4. The average molecular weight is 366 g/mol. The summed E-state index contributed by atoms with van der Waals surface area (Å²) in [5.74, 6) is -1.31. The largest absolute Gasteiger partial charge is 0.465 e. The van der Waals surface area contributed by atoms with Crippen LogP contribution in [0, 0.1) is 28.1 Å². The van der Waals surface area contributed by atoms with Gasteiger partial charge < -0.3 is 4.74 Å². The Hall–Kier alpha value is -0.760. The molecule has 2 bridgehead atoms. The van der Waals surface area contributed by atoms with Gasteiger partial charge in [0.2, 0.25) is 0 Å². The molecule has 0 spiro atoms. The predicted octanol–water partition coefficient (Wildman–Crippen LogP) is 3.25. The van der Waals surface area contributed by atoms with Gasteiger partial charge in [-0.3, -0.25) is 4.55 Å². The lowest BCUT2D eigenvalue weighted by atomic mass is 9.46. The zero-order valence-electron chi connectivity index (χ0n) is 14.1. The molecule has 0 saturated heterocycles. The predicted molar refractivity (Wildman–Crippen MR) is 81.8 cm³/mol. The molecule has 5 unspecified atom stereocenters. The molecule has 3 aliphatic carbocycles. The van der Waals surface area contributed by atoms with Gasteiger partial charge in [0.25, 0.3) is 0 Å². The van der Waals surface area contributed by atoms with E-state index in [1.807, 2.05) is 0 Å². The molecule has 0 aliphatic heterocycles. The van der Waals surface area contributed by atoms with Crippen LogP contribution < -0.4 is 0 Å². The van der Waals surface area contributed by atoms with E-state index in [0.29, 0.717) is 11.8 Å². The van der Waals surface area contributed by atoms with Crippen LogP contribution in [0.3, 0.4) is 0 Å². The van der Waals surface area contributed by atoms with Gasteiger partial charge in [0.05, 0.1) is 6.61 Å². The smallest absolute Gasteiger partial charge is 0.460 e. The fourth-order valence-corrected chi connectivity index (χ4v) is 6.74. The SMILES string of the molecule is CC1CC2(COC(=O)C(F)(F)S(=O)(=O)O)CC3C(C)(C1)CC3(C)C2. The highest BCUT2D eigenvalue weighted by molar-refractivity contribution is 7.87. The highest BCUT2D eigenvalue weighted by Gasteiger charge is 2.68. The number of halogens is 2. The van der Waals surface area contributed by atoms with Crippen LogP contribution in [0.1, 0.15) is 52.9 Å². The second kappa shape index (κ2) is 4.90. The van der Waals surface area contributed by atoms with Crippen molar-refractivity contribution in [2.24, 2.45) is 28.1 Å². The summed E-state index contributed by atoms with van der Waals surface area (Å²) in [6.07, 6.45) is 4.56. The van der Waals surface area contributed by atoms with Gasteiger partial charge in [0.15, 0.2) is 0 Å². The minimum atomic E-state index is -5.82. The van der Waals surface area contributed by atoms with E-state index < -0.39 is 21.3 Å². The number of hydrogen-bond donors (Lipinski definition) is 1. The summed E-state index contributed by atoms with van der Waals surface area (Å²) in [5, 5.41) is -4.92. The number of esters is 1. The molecule has 3 rings (SSSR count). The molecule has 3 fully saturated rings. The van der Waals surface area contributed by atoms with Crippen LogP contribution >= 0.6 is 0 Å². The third-order valence-electron chi connectivity index (χ3n) is 6.57. The highest BCUT2D eigenvalue weighted by atomic mass is 32.2. The number of carbonyl (C=O) groups excluding carboxylic acids is 1. The maximum Gasteiger partial charge on any atom is 0.465 e. The Morgan fingerprint density at radius 2 is 1.83 bits per heavy atom. The molecule has 5 atom stereocenters. The van der Waals surface area contributed by atoms with Crippen molar-refractivity contribution < 1.29 is 31.3 Å². The van der Waals surface area contributed by atoms with Gasteiger partial charge in [-0.15, -0.1) is 0 Å². The van der Waals surface area contributed by atoms with Gasteiger partial charge >= 0.3 is 21.3 Å². The van der Waals surface area contributed by atoms with E-state index in [4.69, 9.17) is 9.29 Å². The average Bonchev–Trinajstić information content (AvgIpc) is 2.57. The second-order valence-corrected chi connectivity index (χ2v) is 10.5. The monoisotopic (exact) mass is 366 g/mol. The first-order valence-electron chi connectivity index (χ1n) is 8.25. The highest BCUT2D eigenvalue weighted by Crippen LogP contribution is 2.75. The molecule has 0 aromatic rings. The van der Waals surface area contributed by atoms with Crippen LogP contribution in [0.15, 0.2) is 0 Å². The molecule has 0 heterocycles. The molecule has 0 radical (unpaired) electrons. The molecule has 3 saturated carbocycles. The van der Waals surface area contributed by atoms with Gasteiger partial charge in [0, 0.05) is 5.41 Å². The number of hydrogen-bond acceptors (Lipinski definition) is 4. The molecule has 3 aliphatic rings. The molecule has 0 aromatic carbocycles. The molecule has 8 heteroatoms. The zero-order chi connectivity index (χ0) is 18.2. The summed E-state index contributed by atoms with van der Waals surface area (Å²) in [6, 6.07) is 0.